The molecule has 0 saturated carbocycles. The molecule has 0 aliphatic carbocycles. The molecule has 2 amide bonds. The van der Waals surface area contributed by atoms with E-state index in [4.69, 9.17) is 4.74 Å². The lowest BCUT2D eigenvalue weighted by atomic mass is 10.1. The van der Waals surface area contributed by atoms with Crippen molar-refractivity contribution in [2.75, 3.05) is 35.7 Å². The van der Waals surface area contributed by atoms with Crippen molar-refractivity contribution in [3.8, 4) is 0 Å². The molecule has 1 saturated heterocycles. The summed E-state index contributed by atoms with van der Waals surface area (Å²) >= 11 is 0. The van der Waals surface area contributed by atoms with Gasteiger partial charge in [-0.25, -0.2) is 4.79 Å². The highest BCUT2D eigenvalue weighted by atomic mass is 16.5. The first kappa shape index (κ1) is 17.3. The number of hydrogen-bond acceptors (Lipinski definition) is 3. The quantitative estimate of drug-likeness (QED) is 0.875. The molecule has 3 rings (SSSR count). The van der Waals surface area contributed by atoms with Crippen molar-refractivity contribution in [1.29, 1.82) is 0 Å². The third-order valence-electron chi connectivity index (χ3n) is 4.51. The first-order valence-electron chi connectivity index (χ1n) is 8.66. The molecule has 5 nitrogen and oxygen atoms in total. The number of piperidine rings is 1. The summed E-state index contributed by atoms with van der Waals surface area (Å²) in [5.74, 6) is 0. The number of benzene rings is 2. The molecule has 25 heavy (non-hydrogen) atoms. The van der Waals surface area contributed by atoms with Gasteiger partial charge in [-0.3, -0.25) is 0 Å². The van der Waals surface area contributed by atoms with Gasteiger partial charge in [-0.1, -0.05) is 17.7 Å². The van der Waals surface area contributed by atoms with Crippen LogP contribution in [0.15, 0.2) is 48.5 Å². The van der Waals surface area contributed by atoms with Crippen LogP contribution >= 0.6 is 0 Å². The standard InChI is InChI=1S/C20H25N3O2/c1-15-5-7-16(8-6-15)21-20(24)22-17-9-11-18(12-10-17)23-13-3-4-19(14-23)25-2/h5-12,19H,3-4,13-14H2,1-2H3,(H2,21,22,24). The van der Waals surface area contributed by atoms with Crippen LogP contribution in [0.4, 0.5) is 21.9 Å². The van der Waals surface area contributed by atoms with E-state index in [1.165, 1.54) is 0 Å². The van der Waals surface area contributed by atoms with Crippen LogP contribution in [0.1, 0.15) is 18.4 Å². The van der Waals surface area contributed by atoms with Gasteiger partial charge >= 0.3 is 6.03 Å². The summed E-state index contributed by atoms with van der Waals surface area (Å²) in [4.78, 5) is 14.4. The van der Waals surface area contributed by atoms with Gasteiger partial charge in [0.15, 0.2) is 0 Å². The molecular weight excluding hydrogens is 314 g/mol. The fourth-order valence-corrected chi connectivity index (χ4v) is 3.05. The van der Waals surface area contributed by atoms with E-state index in [9.17, 15) is 4.79 Å². The Hall–Kier alpha value is -2.53. The second-order valence-corrected chi connectivity index (χ2v) is 6.44. The third kappa shape index (κ3) is 4.73. The highest BCUT2D eigenvalue weighted by Gasteiger charge is 2.19. The molecule has 0 aromatic heterocycles. The molecule has 2 N–H and O–H groups in total. The zero-order valence-corrected chi connectivity index (χ0v) is 14.8. The smallest absolute Gasteiger partial charge is 0.323 e. The highest BCUT2D eigenvalue weighted by Crippen LogP contribution is 2.23. The number of carbonyl (C=O) groups excluding carboxylic acids is 1. The van der Waals surface area contributed by atoms with Crippen LogP contribution in [0.2, 0.25) is 0 Å². The summed E-state index contributed by atoms with van der Waals surface area (Å²) in [5.41, 5.74) is 3.87. The maximum absolute atomic E-state index is 12.1. The average molecular weight is 339 g/mol. The molecule has 2 aromatic rings. The molecule has 5 heteroatoms. The molecule has 1 unspecified atom stereocenters. The van der Waals surface area contributed by atoms with Crippen molar-refractivity contribution in [3.05, 3.63) is 54.1 Å². The summed E-state index contributed by atoms with van der Waals surface area (Å²) in [6, 6.07) is 15.4. The van der Waals surface area contributed by atoms with Crippen molar-refractivity contribution >= 4 is 23.1 Å². The van der Waals surface area contributed by atoms with Gasteiger partial charge in [0, 0.05) is 37.3 Å². The Bertz CT molecular complexity index is 698. The minimum atomic E-state index is -0.242. The lowest BCUT2D eigenvalue weighted by molar-refractivity contribution is 0.0893. The molecular formula is C20H25N3O2. The Kier molecular flexibility index (Phi) is 5.56. The van der Waals surface area contributed by atoms with Crippen molar-refractivity contribution in [2.45, 2.75) is 25.9 Å². The Morgan fingerprint density at radius 2 is 1.64 bits per heavy atom. The first-order chi connectivity index (χ1) is 12.1. The normalized spacial score (nSPS) is 17.2. The van der Waals surface area contributed by atoms with E-state index in [1.807, 2.05) is 55.5 Å². The fourth-order valence-electron chi connectivity index (χ4n) is 3.05. The molecule has 0 radical (unpaired) electrons. The van der Waals surface area contributed by atoms with E-state index in [0.29, 0.717) is 6.10 Å². The van der Waals surface area contributed by atoms with Crippen molar-refractivity contribution in [3.63, 3.8) is 0 Å². The number of anilines is 3. The highest BCUT2D eigenvalue weighted by molar-refractivity contribution is 5.99. The van der Waals surface area contributed by atoms with Gasteiger partial charge in [0.05, 0.1) is 6.10 Å². The Morgan fingerprint density at radius 1 is 1.04 bits per heavy atom. The van der Waals surface area contributed by atoms with Crippen LogP contribution in [-0.2, 0) is 4.74 Å². The molecule has 1 aliphatic rings. The topological polar surface area (TPSA) is 53.6 Å². The van der Waals surface area contributed by atoms with Gasteiger partial charge in [-0.2, -0.15) is 0 Å². The van der Waals surface area contributed by atoms with E-state index in [-0.39, 0.29) is 6.03 Å². The van der Waals surface area contributed by atoms with Crippen molar-refractivity contribution < 1.29 is 9.53 Å². The van der Waals surface area contributed by atoms with E-state index in [2.05, 4.69) is 15.5 Å². The molecule has 2 aromatic carbocycles. The predicted octanol–water partition coefficient (Wildman–Crippen LogP) is 4.25. The zero-order valence-electron chi connectivity index (χ0n) is 14.8. The molecule has 1 aliphatic heterocycles. The number of aryl methyl sites for hydroxylation is 1. The third-order valence-corrected chi connectivity index (χ3v) is 4.51. The number of methoxy groups -OCH3 is 1. The summed E-state index contributed by atoms with van der Waals surface area (Å²) < 4.78 is 5.48. The molecule has 1 heterocycles. The lowest BCUT2D eigenvalue weighted by Crippen LogP contribution is -2.39. The largest absolute Gasteiger partial charge is 0.380 e. The summed E-state index contributed by atoms with van der Waals surface area (Å²) in [5, 5.41) is 5.69. The molecule has 132 valence electrons. The average Bonchev–Trinajstić information content (AvgIpc) is 2.64. The second-order valence-electron chi connectivity index (χ2n) is 6.44. The zero-order chi connectivity index (χ0) is 17.6. The van der Waals surface area contributed by atoms with Gasteiger partial charge in [-0.05, 0) is 56.2 Å². The minimum absolute atomic E-state index is 0.242. The van der Waals surface area contributed by atoms with E-state index >= 15 is 0 Å². The number of nitrogens with one attached hydrogen (secondary N) is 2. The number of carbonyl (C=O) groups is 1. The Balaban J connectivity index is 1.56. The number of hydrogen-bond donors (Lipinski definition) is 2. The monoisotopic (exact) mass is 339 g/mol. The number of urea groups is 1. The van der Waals surface area contributed by atoms with Crippen LogP contribution in [-0.4, -0.2) is 32.3 Å². The summed E-state index contributed by atoms with van der Waals surface area (Å²) in [7, 11) is 1.77. The maximum atomic E-state index is 12.1. The van der Waals surface area contributed by atoms with Crippen LogP contribution in [0.3, 0.4) is 0 Å². The SMILES string of the molecule is COC1CCCN(c2ccc(NC(=O)Nc3ccc(C)cc3)cc2)C1. The lowest BCUT2D eigenvalue weighted by Gasteiger charge is -2.33. The first-order valence-corrected chi connectivity index (χ1v) is 8.66. The van der Waals surface area contributed by atoms with Gasteiger partial charge in [0.1, 0.15) is 0 Å². The summed E-state index contributed by atoms with van der Waals surface area (Å²) in [6.07, 6.45) is 2.55. The van der Waals surface area contributed by atoms with Gasteiger partial charge in [0.2, 0.25) is 0 Å². The molecule has 1 atom stereocenters. The van der Waals surface area contributed by atoms with E-state index in [0.717, 1.165) is 48.6 Å². The number of amides is 2. The van der Waals surface area contributed by atoms with Crippen molar-refractivity contribution in [1.82, 2.24) is 0 Å². The van der Waals surface area contributed by atoms with Crippen LogP contribution in [0.5, 0.6) is 0 Å². The maximum Gasteiger partial charge on any atom is 0.323 e. The van der Waals surface area contributed by atoms with E-state index < -0.39 is 0 Å². The van der Waals surface area contributed by atoms with E-state index in [1.54, 1.807) is 7.11 Å². The Labute approximate surface area is 149 Å². The predicted molar refractivity (Wildman–Crippen MR) is 103 cm³/mol. The molecule has 1 fully saturated rings. The Morgan fingerprint density at radius 3 is 2.24 bits per heavy atom. The van der Waals surface area contributed by atoms with Crippen molar-refractivity contribution in [2.24, 2.45) is 0 Å². The van der Waals surface area contributed by atoms with Crippen LogP contribution in [0.25, 0.3) is 0 Å². The fraction of sp³-hybridized carbons (Fsp3) is 0.350. The second kappa shape index (κ2) is 8.03. The van der Waals surface area contributed by atoms with Gasteiger partial charge in [0.25, 0.3) is 0 Å². The number of rotatable bonds is 4. The van der Waals surface area contributed by atoms with Gasteiger partial charge in [-0.15, -0.1) is 0 Å². The van der Waals surface area contributed by atoms with Crippen LogP contribution < -0.4 is 15.5 Å². The number of ether oxygens (including phenoxy) is 1. The minimum Gasteiger partial charge on any atom is -0.380 e. The van der Waals surface area contributed by atoms with Gasteiger partial charge < -0.3 is 20.3 Å². The summed E-state index contributed by atoms with van der Waals surface area (Å²) in [6.45, 7) is 3.97. The molecule has 0 bridgehead atoms. The molecule has 0 spiro atoms. The number of nitrogens with zero attached hydrogens (tertiary/aromatic N) is 1. The van der Waals surface area contributed by atoms with Crippen LogP contribution in [0, 0.1) is 6.92 Å².